The quantitative estimate of drug-likeness (QED) is 0.631. The third-order valence-corrected chi connectivity index (χ3v) is 4.40. The van der Waals surface area contributed by atoms with Crippen molar-refractivity contribution in [1.82, 2.24) is 9.97 Å². The summed E-state index contributed by atoms with van der Waals surface area (Å²) in [5, 5.41) is 0.581. The summed E-state index contributed by atoms with van der Waals surface area (Å²) >= 11 is 7.68. The van der Waals surface area contributed by atoms with Crippen molar-refractivity contribution < 1.29 is 4.39 Å². The van der Waals surface area contributed by atoms with Gasteiger partial charge in [-0.05, 0) is 37.5 Å². The average molecular weight is 295 g/mol. The van der Waals surface area contributed by atoms with Crippen molar-refractivity contribution in [3.63, 3.8) is 0 Å². The molecule has 3 rings (SSSR count). The predicted octanol–water partition coefficient (Wildman–Crippen LogP) is 4.05. The number of halogens is 2. The lowest BCUT2D eigenvalue weighted by molar-refractivity contribution is 0.624. The summed E-state index contributed by atoms with van der Waals surface area (Å²) in [4.78, 5) is 9.74. The molecular formula is C14H12ClFN2S. The van der Waals surface area contributed by atoms with Crippen LogP contribution in [0.4, 0.5) is 4.39 Å². The van der Waals surface area contributed by atoms with Crippen LogP contribution in [0.25, 0.3) is 0 Å². The second-order valence-corrected chi connectivity index (χ2v) is 5.86. The summed E-state index contributed by atoms with van der Waals surface area (Å²) in [6.07, 6.45) is 3.06. The Hall–Kier alpha value is -1.13. The predicted molar refractivity (Wildman–Crippen MR) is 75.0 cm³/mol. The molecule has 1 aliphatic rings. The topological polar surface area (TPSA) is 25.8 Å². The summed E-state index contributed by atoms with van der Waals surface area (Å²) in [7, 11) is 0. The summed E-state index contributed by atoms with van der Waals surface area (Å²) < 4.78 is 13.1. The van der Waals surface area contributed by atoms with Crippen molar-refractivity contribution >= 4 is 23.4 Å². The number of aryl methyl sites for hydroxylation is 1. The first-order chi connectivity index (χ1) is 9.22. The number of aromatic nitrogens is 2. The zero-order valence-corrected chi connectivity index (χ0v) is 11.8. The van der Waals surface area contributed by atoms with Crippen molar-refractivity contribution in [2.24, 2.45) is 0 Å². The van der Waals surface area contributed by atoms with Crippen LogP contribution in [0.5, 0.6) is 0 Å². The Kier molecular flexibility index (Phi) is 3.71. The van der Waals surface area contributed by atoms with E-state index in [0.717, 1.165) is 41.2 Å². The lowest BCUT2D eigenvalue weighted by Crippen LogP contribution is -1.99. The Bertz CT molecular complexity index is 618. The highest BCUT2D eigenvalue weighted by Gasteiger charge is 2.18. The van der Waals surface area contributed by atoms with E-state index in [2.05, 4.69) is 9.97 Å². The molecule has 0 radical (unpaired) electrons. The molecule has 0 atom stereocenters. The number of benzene rings is 1. The zero-order valence-electron chi connectivity index (χ0n) is 10.2. The van der Waals surface area contributed by atoms with Crippen molar-refractivity contribution in [2.45, 2.75) is 29.9 Å². The van der Waals surface area contributed by atoms with Crippen LogP contribution < -0.4 is 0 Å². The molecule has 5 heteroatoms. The molecule has 1 heterocycles. The molecule has 0 spiro atoms. The Labute approximate surface area is 120 Å². The Morgan fingerprint density at radius 2 is 2.16 bits per heavy atom. The molecule has 1 aromatic carbocycles. The van der Waals surface area contributed by atoms with Gasteiger partial charge >= 0.3 is 0 Å². The Morgan fingerprint density at radius 1 is 1.26 bits per heavy atom. The van der Waals surface area contributed by atoms with Gasteiger partial charge < -0.3 is 0 Å². The summed E-state index contributed by atoms with van der Waals surface area (Å²) in [6.45, 7) is 0. The van der Waals surface area contributed by atoms with Gasteiger partial charge in [0.1, 0.15) is 16.8 Å². The number of rotatable bonds is 3. The summed E-state index contributed by atoms with van der Waals surface area (Å²) in [6, 6.07) is 6.53. The van der Waals surface area contributed by atoms with E-state index in [1.54, 1.807) is 6.07 Å². The number of thioether (sulfide) groups is 1. The number of hydrogen-bond donors (Lipinski definition) is 0. The molecule has 1 aromatic heterocycles. The van der Waals surface area contributed by atoms with Crippen molar-refractivity contribution in [3.8, 4) is 0 Å². The minimum atomic E-state index is -0.224. The molecule has 98 valence electrons. The SMILES string of the molecule is Fc1cccc(SCc2nc(Cl)c3c(n2)CCC3)c1. The smallest absolute Gasteiger partial charge is 0.140 e. The first kappa shape index (κ1) is 12.9. The largest absolute Gasteiger partial charge is 0.237 e. The van der Waals surface area contributed by atoms with Crippen LogP contribution in [-0.2, 0) is 18.6 Å². The molecule has 0 fully saturated rings. The van der Waals surface area contributed by atoms with Gasteiger partial charge in [0.05, 0.1) is 5.75 Å². The van der Waals surface area contributed by atoms with E-state index >= 15 is 0 Å². The molecule has 0 saturated carbocycles. The molecule has 0 saturated heterocycles. The molecule has 2 aromatic rings. The second-order valence-electron chi connectivity index (χ2n) is 4.46. The minimum absolute atomic E-state index is 0.224. The molecule has 0 unspecified atom stereocenters. The number of hydrogen-bond acceptors (Lipinski definition) is 3. The van der Waals surface area contributed by atoms with Crippen LogP contribution in [0.2, 0.25) is 5.15 Å². The lowest BCUT2D eigenvalue weighted by atomic mass is 10.3. The maximum absolute atomic E-state index is 13.1. The van der Waals surface area contributed by atoms with Gasteiger partial charge in [-0.15, -0.1) is 11.8 Å². The fraction of sp³-hybridized carbons (Fsp3) is 0.286. The Balaban J connectivity index is 1.76. The van der Waals surface area contributed by atoms with Crippen LogP contribution in [0.15, 0.2) is 29.2 Å². The lowest BCUT2D eigenvalue weighted by Gasteiger charge is -2.05. The van der Waals surface area contributed by atoms with Crippen molar-refractivity contribution in [1.29, 1.82) is 0 Å². The van der Waals surface area contributed by atoms with E-state index in [1.165, 1.54) is 23.9 Å². The molecule has 2 nitrogen and oxygen atoms in total. The van der Waals surface area contributed by atoms with Crippen LogP contribution in [0.3, 0.4) is 0 Å². The number of fused-ring (bicyclic) bond motifs is 1. The van der Waals surface area contributed by atoms with Crippen molar-refractivity contribution in [3.05, 3.63) is 52.3 Å². The normalized spacial score (nSPS) is 13.6. The highest BCUT2D eigenvalue weighted by Crippen LogP contribution is 2.28. The highest BCUT2D eigenvalue weighted by atomic mass is 35.5. The van der Waals surface area contributed by atoms with Gasteiger partial charge in [-0.2, -0.15) is 0 Å². The second kappa shape index (κ2) is 5.47. The average Bonchev–Trinajstić information content (AvgIpc) is 2.85. The van der Waals surface area contributed by atoms with Gasteiger partial charge in [0.25, 0.3) is 0 Å². The zero-order chi connectivity index (χ0) is 13.2. The molecule has 0 amide bonds. The third-order valence-electron chi connectivity index (χ3n) is 3.09. The molecule has 19 heavy (non-hydrogen) atoms. The van der Waals surface area contributed by atoms with Gasteiger partial charge in [-0.3, -0.25) is 0 Å². The van der Waals surface area contributed by atoms with E-state index in [0.29, 0.717) is 10.9 Å². The van der Waals surface area contributed by atoms with E-state index in [9.17, 15) is 4.39 Å². The summed E-state index contributed by atoms with van der Waals surface area (Å²) in [5.41, 5.74) is 2.18. The molecule has 0 bridgehead atoms. The van der Waals surface area contributed by atoms with E-state index in [1.807, 2.05) is 6.07 Å². The molecule has 0 aliphatic heterocycles. The minimum Gasteiger partial charge on any atom is -0.237 e. The number of nitrogens with zero attached hydrogens (tertiary/aromatic N) is 2. The molecular weight excluding hydrogens is 283 g/mol. The van der Waals surface area contributed by atoms with Gasteiger partial charge in [-0.25, -0.2) is 14.4 Å². The van der Waals surface area contributed by atoms with E-state index in [-0.39, 0.29) is 5.82 Å². The molecule has 0 N–H and O–H groups in total. The monoisotopic (exact) mass is 294 g/mol. The van der Waals surface area contributed by atoms with E-state index in [4.69, 9.17) is 11.6 Å². The first-order valence-electron chi connectivity index (χ1n) is 6.15. The van der Waals surface area contributed by atoms with Crippen molar-refractivity contribution in [2.75, 3.05) is 0 Å². The van der Waals surface area contributed by atoms with Crippen LogP contribution >= 0.6 is 23.4 Å². The fourth-order valence-corrected chi connectivity index (χ4v) is 3.30. The van der Waals surface area contributed by atoms with E-state index < -0.39 is 0 Å². The first-order valence-corrected chi connectivity index (χ1v) is 7.51. The van der Waals surface area contributed by atoms with Crippen LogP contribution in [0, 0.1) is 5.82 Å². The van der Waals surface area contributed by atoms with Gasteiger partial charge in [0.15, 0.2) is 0 Å². The fourth-order valence-electron chi connectivity index (χ4n) is 2.20. The standard InChI is InChI=1S/C14H12ClFN2S/c15-14-11-5-2-6-12(11)17-13(18-14)8-19-10-4-1-3-9(16)7-10/h1,3-4,7H,2,5-6,8H2. The summed E-state index contributed by atoms with van der Waals surface area (Å²) in [5.74, 6) is 1.11. The third kappa shape index (κ3) is 2.90. The Morgan fingerprint density at radius 3 is 3.00 bits per heavy atom. The van der Waals surface area contributed by atoms with Gasteiger partial charge in [-0.1, -0.05) is 17.7 Å². The van der Waals surface area contributed by atoms with Crippen LogP contribution in [-0.4, -0.2) is 9.97 Å². The highest BCUT2D eigenvalue weighted by molar-refractivity contribution is 7.98. The van der Waals surface area contributed by atoms with Gasteiger partial charge in [0.2, 0.25) is 0 Å². The van der Waals surface area contributed by atoms with Crippen LogP contribution in [0.1, 0.15) is 23.5 Å². The molecule has 1 aliphatic carbocycles. The van der Waals surface area contributed by atoms with Gasteiger partial charge in [0, 0.05) is 16.2 Å². The maximum atomic E-state index is 13.1. The maximum Gasteiger partial charge on any atom is 0.140 e.